The van der Waals surface area contributed by atoms with Gasteiger partial charge in [-0.2, -0.15) is 13.2 Å². The van der Waals surface area contributed by atoms with Gasteiger partial charge in [-0.1, -0.05) is 0 Å². The Morgan fingerprint density at radius 3 is 2.63 bits per heavy atom. The van der Waals surface area contributed by atoms with E-state index in [0.29, 0.717) is 12.8 Å². The van der Waals surface area contributed by atoms with Crippen LogP contribution in [-0.4, -0.2) is 67.2 Å². The number of hydrogen-bond acceptors (Lipinski definition) is 3. The SMILES string of the molecule is O=C(CN1CCCNCC1)N(CC(F)(F)F)C1CC1. The standard InChI is InChI=1S/C12H20F3N3O/c13-12(14,15)9-18(10-2-3-10)11(19)8-17-6-1-4-16-5-7-17/h10,16H,1-9H2. The molecule has 19 heavy (non-hydrogen) atoms. The summed E-state index contributed by atoms with van der Waals surface area (Å²) in [6.45, 7) is 2.17. The van der Waals surface area contributed by atoms with Crippen molar-refractivity contribution in [1.82, 2.24) is 15.1 Å². The van der Waals surface area contributed by atoms with Crippen LogP contribution in [-0.2, 0) is 4.79 Å². The number of halogens is 3. The Balaban J connectivity index is 1.87. The maximum absolute atomic E-state index is 12.5. The Labute approximate surface area is 110 Å². The van der Waals surface area contributed by atoms with Gasteiger partial charge < -0.3 is 10.2 Å². The normalized spacial score (nSPS) is 22.1. The largest absolute Gasteiger partial charge is 0.406 e. The van der Waals surface area contributed by atoms with Crippen molar-refractivity contribution in [2.24, 2.45) is 0 Å². The van der Waals surface area contributed by atoms with E-state index in [1.807, 2.05) is 4.90 Å². The molecule has 0 unspecified atom stereocenters. The van der Waals surface area contributed by atoms with Gasteiger partial charge in [-0.05, 0) is 32.4 Å². The molecule has 1 aliphatic carbocycles. The van der Waals surface area contributed by atoms with Crippen LogP contribution in [0.1, 0.15) is 19.3 Å². The van der Waals surface area contributed by atoms with Crippen LogP contribution in [0.5, 0.6) is 0 Å². The van der Waals surface area contributed by atoms with Crippen molar-refractivity contribution in [3.63, 3.8) is 0 Å². The third-order valence-electron chi connectivity index (χ3n) is 3.45. The van der Waals surface area contributed by atoms with Crippen LogP contribution >= 0.6 is 0 Å². The number of alkyl halides is 3. The van der Waals surface area contributed by atoms with Crippen LogP contribution in [0.25, 0.3) is 0 Å². The third kappa shape index (κ3) is 4.99. The Morgan fingerprint density at radius 1 is 1.26 bits per heavy atom. The first-order valence-corrected chi connectivity index (χ1v) is 6.75. The predicted molar refractivity (Wildman–Crippen MR) is 64.7 cm³/mol. The molecule has 110 valence electrons. The topological polar surface area (TPSA) is 35.6 Å². The first kappa shape index (κ1) is 14.6. The first-order valence-electron chi connectivity index (χ1n) is 6.75. The molecule has 0 bridgehead atoms. The third-order valence-corrected chi connectivity index (χ3v) is 3.45. The highest BCUT2D eigenvalue weighted by molar-refractivity contribution is 5.79. The summed E-state index contributed by atoms with van der Waals surface area (Å²) in [4.78, 5) is 15.0. The van der Waals surface area contributed by atoms with Gasteiger partial charge in [0.15, 0.2) is 0 Å². The number of hydrogen-bond donors (Lipinski definition) is 1. The van der Waals surface area contributed by atoms with E-state index in [2.05, 4.69) is 5.32 Å². The average molecular weight is 279 g/mol. The molecule has 2 rings (SSSR count). The number of nitrogens with zero attached hydrogens (tertiary/aromatic N) is 2. The summed E-state index contributed by atoms with van der Waals surface area (Å²) in [6.07, 6.45) is -1.98. The van der Waals surface area contributed by atoms with E-state index in [9.17, 15) is 18.0 Å². The second-order valence-corrected chi connectivity index (χ2v) is 5.25. The van der Waals surface area contributed by atoms with E-state index in [1.165, 1.54) is 0 Å². The zero-order valence-corrected chi connectivity index (χ0v) is 10.9. The smallest absolute Gasteiger partial charge is 0.329 e. The van der Waals surface area contributed by atoms with Gasteiger partial charge in [0.2, 0.25) is 5.91 Å². The molecule has 4 nitrogen and oxygen atoms in total. The Hall–Kier alpha value is -0.820. The van der Waals surface area contributed by atoms with E-state index in [0.717, 1.165) is 37.5 Å². The van der Waals surface area contributed by atoms with E-state index >= 15 is 0 Å². The summed E-state index contributed by atoms with van der Waals surface area (Å²) in [5.41, 5.74) is 0. The van der Waals surface area contributed by atoms with Crippen molar-refractivity contribution in [2.45, 2.75) is 31.5 Å². The summed E-state index contributed by atoms with van der Waals surface area (Å²) in [7, 11) is 0. The average Bonchev–Trinajstić information content (AvgIpc) is 3.12. The van der Waals surface area contributed by atoms with Gasteiger partial charge in [0.05, 0.1) is 6.54 Å². The fraction of sp³-hybridized carbons (Fsp3) is 0.917. The summed E-state index contributed by atoms with van der Waals surface area (Å²) in [6, 6.07) is -0.195. The molecule has 1 N–H and O–H groups in total. The maximum Gasteiger partial charge on any atom is 0.406 e. The molecule has 2 fully saturated rings. The van der Waals surface area contributed by atoms with E-state index in [1.54, 1.807) is 0 Å². The molecule has 2 aliphatic rings. The molecular formula is C12H20F3N3O. The van der Waals surface area contributed by atoms with Crippen molar-refractivity contribution in [1.29, 1.82) is 0 Å². The maximum atomic E-state index is 12.5. The molecule has 1 heterocycles. The lowest BCUT2D eigenvalue weighted by molar-refractivity contribution is -0.163. The minimum Gasteiger partial charge on any atom is -0.329 e. The van der Waals surface area contributed by atoms with Crippen molar-refractivity contribution in [3.8, 4) is 0 Å². The van der Waals surface area contributed by atoms with Gasteiger partial charge in [0, 0.05) is 19.1 Å². The number of nitrogens with one attached hydrogen (secondary N) is 1. The molecule has 1 saturated heterocycles. The Kier molecular flexibility index (Phi) is 4.67. The highest BCUT2D eigenvalue weighted by atomic mass is 19.4. The van der Waals surface area contributed by atoms with Crippen LogP contribution in [0.2, 0.25) is 0 Å². The molecule has 0 aromatic rings. The van der Waals surface area contributed by atoms with E-state index < -0.39 is 12.7 Å². The summed E-state index contributed by atoms with van der Waals surface area (Å²) in [5, 5.41) is 3.21. The zero-order valence-electron chi connectivity index (χ0n) is 10.9. The monoisotopic (exact) mass is 279 g/mol. The quantitative estimate of drug-likeness (QED) is 0.828. The Morgan fingerprint density at radius 2 is 2.00 bits per heavy atom. The minimum atomic E-state index is -4.31. The van der Waals surface area contributed by atoms with Crippen LogP contribution in [0.4, 0.5) is 13.2 Å². The van der Waals surface area contributed by atoms with Crippen LogP contribution in [0, 0.1) is 0 Å². The van der Waals surface area contributed by atoms with E-state index in [-0.39, 0.29) is 18.5 Å². The number of rotatable bonds is 4. The molecule has 7 heteroatoms. The first-order chi connectivity index (χ1) is 8.96. The number of carbonyl (C=O) groups is 1. The molecular weight excluding hydrogens is 259 g/mol. The lowest BCUT2D eigenvalue weighted by Crippen LogP contribution is -2.46. The van der Waals surface area contributed by atoms with Gasteiger partial charge >= 0.3 is 6.18 Å². The molecule has 0 atom stereocenters. The van der Waals surface area contributed by atoms with Gasteiger partial charge in [-0.3, -0.25) is 9.69 Å². The van der Waals surface area contributed by atoms with Gasteiger partial charge in [-0.25, -0.2) is 0 Å². The predicted octanol–water partition coefficient (Wildman–Crippen LogP) is 0.835. The second kappa shape index (κ2) is 6.09. The van der Waals surface area contributed by atoms with Crippen molar-refractivity contribution >= 4 is 5.91 Å². The second-order valence-electron chi connectivity index (χ2n) is 5.25. The minimum absolute atomic E-state index is 0.105. The van der Waals surface area contributed by atoms with Gasteiger partial charge in [-0.15, -0.1) is 0 Å². The summed E-state index contributed by atoms with van der Waals surface area (Å²) >= 11 is 0. The van der Waals surface area contributed by atoms with Crippen LogP contribution in [0.3, 0.4) is 0 Å². The fourth-order valence-electron chi connectivity index (χ4n) is 2.34. The van der Waals surface area contributed by atoms with Crippen LogP contribution < -0.4 is 5.32 Å². The highest BCUT2D eigenvalue weighted by Crippen LogP contribution is 2.30. The van der Waals surface area contributed by atoms with E-state index in [4.69, 9.17) is 0 Å². The highest BCUT2D eigenvalue weighted by Gasteiger charge is 2.40. The van der Waals surface area contributed by atoms with Gasteiger partial charge in [0.1, 0.15) is 6.54 Å². The van der Waals surface area contributed by atoms with Crippen LogP contribution in [0.15, 0.2) is 0 Å². The molecule has 1 amide bonds. The number of carbonyl (C=O) groups excluding carboxylic acids is 1. The molecule has 0 spiro atoms. The number of amides is 1. The summed E-state index contributed by atoms with van der Waals surface area (Å²) < 4.78 is 37.4. The molecule has 0 aromatic heterocycles. The molecule has 1 aliphatic heterocycles. The lowest BCUT2D eigenvalue weighted by atomic mass is 10.3. The lowest BCUT2D eigenvalue weighted by Gasteiger charge is -2.27. The summed E-state index contributed by atoms with van der Waals surface area (Å²) in [5.74, 6) is -0.387. The van der Waals surface area contributed by atoms with Crippen molar-refractivity contribution in [3.05, 3.63) is 0 Å². The fourth-order valence-corrected chi connectivity index (χ4v) is 2.34. The van der Waals surface area contributed by atoms with Gasteiger partial charge in [0.25, 0.3) is 0 Å². The Bertz CT molecular complexity index is 310. The zero-order chi connectivity index (χ0) is 13.9. The van der Waals surface area contributed by atoms with Crippen molar-refractivity contribution < 1.29 is 18.0 Å². The molecule has 0 radical (unpaired) electrons. The molecule has 0 aromatic carbocycles. The van der Waals surface area contributed by atoms with Crippen molar-refractivity contribution in [2.75, 3.05) is 39.3 Å². The molecule has 1 saturated carbocycles.